The molecule has 0 spiro atoms. The number of rotatable bonds is 1. The van der Waals surface area contributed by atoms with Crippen LogP contribution in [0.4, 0.5) is 0 Å². The van der Waals surface area contributed by atoms with Crippen LogP contribution in [0.2, 0.25) is 19.1 Å². The summed E-state index contributed by atoms with van der Waals surface area (Å²) in [5.41, 5.74) is 0. The molecule has 0 N–H and O–H groups in total. The summed E-state index contributed by atoms with van der Waals surface area (Å²) < 4.78 is 6.66. The van der Waals surface area contributed by atoms with Crippen LogP contribution in [0.1, 0.15) is 109 Å². The summed E-state index contributed by atoms with van der Waals surface area (Å²) in [4.78, 5) is 0. The Morgan fingerprint density at radius 3 is 1.38 bits per heavy atom. The average molecular weight is 353 g/mol. The normalized spacial score (nSPS) is 30.0. The fraction of sp³-hybridized carbons (Fsp3) is 1.00. The minimum atomic E-state index is -1.33. The third-order valence-corrected chi connectivity index (χ3v) is 8.91. The Morgan fingerprint density at radius 1 is 0.542 bits per heavy atom. The smallest absolute Gasteiger partial charge is 0.187 e. The van der Waals surface area contributed by atoms with Crippen LogP contribution in [0.25, 0.3) is 0 Å². The van der Waals surface area contributed by atoms with E-state index in [9.17, 15) is 0 Å². The van der Waals surface area contributed by atoms with E-state index in [1.165, 1.54) is 115 Å². The Hall–Kier alpha value is 0.177. The lowest BCUT2D eigenvalue weighted by Gasteiger charge is -2.39. The molecule has 142 valence electrons. The van der Waals surface area contributed by atoms with Crippen molar-refractivity contribution in [2.45, 2.75) is 134 Å². The molecular formula is C22H44OSi. The van der Waals surface area contributed by atoms with Crippen LogP contribution >= 0.6 is 0 Å². The maximum absolute atomic E-state index is 6.66. The molecule has 0 bridgehead atoms. The summed E-state index contributed by atoms with van der Waals surface area (Å²) in [6, 6.07) is 1.39. The highest BCUT2D eigenvalue weighted by Crippen LogP contribution is 2.34. The molecule has 1 aliphatic heterocycles. The molecule has 24 heavy (non-hydrogen) atoms. The Labute approximate surface area is 153 Å². The van der Waals surface area contributed by atoms with E-state index in [1.54, 1.807) is 0 Å². The molecule has 0 aromatic heterocycles. The minimum absolute atomic E-state index is 0.610. The second kappa shape index (κ2) is 11.7. The molecule has 1 atom stereocenters. The van der Waals surface area contributed by atoms with E-state index in [-0.39, 0.29) is 0 Å². The van der Waals surface area contributed by atoms with Crippen LogP contribution in [0.3, 0.4) is 0 Å². The zero-order chi connectivity index (χ0) is 17.1. The van der Waals surface area contributed by atoms with Gasteiger partial charge in [-0.1, -0.05) is 89.9 Å². The molecule has 1 nitrogen and oxygen atoms in total. The van der Waals surface area contributed by atoms with E-state index >= 15 is 0 Å². The van der Waals surface area contributed by atoms with Crippen LogP contribution in [0, 0.1) is 5.92 Å². The first-order valence-electron chi connectivity index (χ1n) is 11.4. The quantitative estimate of drug-likeness (QED) is 0.436. The van der Waals surface area contributed by atoms with Gasteiger partial charge in [-0.25, -0.2) is 0 Å². The number of hydrogen-bond donors (Lipinski definition) is 0. The maximum Gasteiger partial charge on any atom is 0.187 e. The molecule has 1 heterocycles. The molecule has 2 rings (SSSR count). The fourth-order valence-electron chi connectivity index (χ4n) is 4.86. The topological polar surface area (TPSA) is 9.23 Å². The van der Waals surface area contributed by atoms with Gasteiger partial charge in [0.15, 0.2) is 8.32 Å². The van der Waals surface area contributed by atoms with E-state index in [0.29, 0.717) is 6.10 Å². The molecule has 1 saturated carbocycles. The van der Waals surface area contributed by atoms with Crippen molar-refractivity contribution >= 4 is 8.32 Å². The molecular weight excluding hydrogens is 308 g/mol. The largest absolute Gasteiger partial charge is 0.414 e. The molecule has 2 fully saturated rings. The summed E-state index contributed by atoms with van der Waals surface area (Å²) in [5, 5.41) is 0. The third-order valence-electron chi connectivity index (χ3n) is 6.41. The minimum Gasteiger partial charge on any atom is -0.414 e. The highest BCUT2D eigenvalue weighted by molar-refractivity contribution is 6.71. The maximum atomic E-state index is 6.66. The highest BCUT2D eigenvalue weighted by Gasteiger charge is 2.34. The van der Waals surface area contributed by atoms with Crippen LogP contribution in [-0.2, 0) is 4.43 Å². The van der Waals surface area contributed by atoms with Gasteiger partial charge in [-0.05, 0) is 44.3 Å². The summed E-state index contributed by atoms with van der Waals surface area (Å²) >= 11 is 0. The van der Waals surface area contributed by atoms with Gasteiger partial charge in [0.2, 0.25) is 0 Å². The van der Waals surface area contributed by atoms with Crippen molar-refractivity contribution in [3.8, 4) is 0 Å². The van der Waals surface area contributed by atoms with E-state index < -0.39 is 8.32 Å². The Morgan fingerprint density at radius 2 is 0.958 bits per heavy atom. The summed E-state index contributed by atoms with van der Waals surface area (Å²) in [6.07, 6.45) is 25.4. The second-order valence-electron chi connectivity index (χ2n) is 9.24. The number of hydrogen-bond acceptors (Lipinski definition) is 1. The van der Waals surface area contributed by atoms with Gasteiger partial charge in [0, 0.05) is 6.10 Å². The predicted molar refractivity (Wildman–Crippen MR) is 109 cm³/mol. The molecule has 0 aromatic carbocycles. The van der Waals surface area contributed by atoms with Gasteiger partial charge < -0.3 is 4.43 Å². The monoisotopic (exact) mass is 352 g/mol. The lowest BCUT2D eigenvalue weighted by Crippen LogP contribution is -2.42. The zero-order valence-corrected chi connectivity index (χ0v) is 17.8. The molecule has 2 heteroatoms. The first-order chi connectivity index (χ1) is 11.7. The van der Waals surface area contributed by atoms with E-state index in [1.807, 2.05) is 0 Å². The van der Waals surface area contributed by atoms with Gasteiger partial charge in [-0.15, -0.1) is 0 Å². The first kappa shape index (κ1) is 20.5. The van der Waals surface area contributed by atoms with Gasteiger partial charge in [-0.2, -0.15) is 0 Å². The van der Waals surface area contributed by atoms with Crippen molar-refractivity contribution in [3.63, 3.8) is 0 Å². The van der Waals surface area contributed by atoms with E-state index in [4.69, 9.17) is 4.43 Å². The van der Waals surface area contributed by atoms with Crippen LogP contribution in [0.5, 0.6) is 0 Å². The lowest BCUT2D eigenvalue weighted by atomic mass is 9.87. The standard InChI is InChI=1S/C22H44OSi/c1-24(2)20-16-19-22(23-24)21-17-14-12-10-8-6-4-3-5-7-9-11-13-15-18-21/h21-22H,3-20H2,1-2H3. The third kappa shape index (κ3) is 8.51. The fourth-order valence-corrected chi connectivity index (χ4v) is 7.17. The van der Waals surface area contributed by atoms with Gasteiger partial charge in [0.05, 0.1) is 0 Å². The summed E-state index contributed by atoms with van der Waals surface area (Å²) in [6.45, 7) is 4.88. The van der Waals surface area contributed by atoms with E-state index in [2.05, 4.69) is 13.1 Å². The van der Waals surface area contributed by atoms with Crippen LogP contribution in [0.15, 0.2) is 0 Å². The van der Waals surface area contributed by atoms with Gasteiger partial charge >= 0.3 is 0 Å². The van der Waals surface area contributed by atoms with Crippen molar-refractivity contribution in [2.75, 3.05) is 0 Å². The second-order valence-corrected chi connectivity index (χ2v) is 13.5. The molecule has 0 aromatic rings. The Kier molecular flexibility index (Phi) is 10.0. The summed E-state index contributed by atoms with van der Waals surface area (Å²) in [5.74, 6) is 0.866. The van der Waals surface area contributed by atoms with Gasteiger partial charge in [-0.3, -0.25) is 0 Å². The molecule has 1 saturated heterocycles. The zero-order valence-electron chi connectivity index (χ0n) is 16.8. The van der Waals surface area contributed by atoms with E-state index in [0.717, 1.165) is 5.92 Å². The first-order valence-corrected chi connectivity index (χ1v) is 14.5. The van der Waals surface area contributed by atoms with Crippen molar-refractivity contribution in [1.82, 2.24) is 0 Å². The molecule has 0 radical (unpaired) electrons. The Balaban J connectivity index is 1.79. The van der Waals surface area contributed by atoms with Crippen molar-refractivity contribution in [3.05, 3.63) is 0 Å². The molecule has 0 amide bonds. The van der Waals surface area contributed by atoms with Crippen molar-refractivity contribution < 1.29 is 4.43 Å². The predicted octanol–water partition coefficient (Wildman–Crippen LogP) is 7.85. The molecule has 2 aliphatic rings. The van der Waals surface area contributed by atoms with Gasteiger partial charge in [0.25, 0.3) is 0 Å². The Bertz CT molecular complexity index is 299. The SMILES string of the molecule is C[Si]1(C)CCCC(C2CCCCCCCCCCCCCCC2)O1. The van der Waals surface area contributed by atoms with Crippen LogP contribution in [-0.4, -0.2) is 14.4 Å². The van der Waals surface area contributed by atoms with Gasteiger partial charge in [0.1, 0.15) is 0 Å². The molecule has 1 unspecified atom stereocenters. The highest BCUT2D eigenvalue weighted by atomic mass is 28.4. The molecule has 1 aliphatic carbocycles. The average Bonchev–Trinajstić information content (AvgIpc) is 2.54. The lowest BCUT2D eigenvalue weighted by molar-refractivity contribution is 0.0861. The summed E-state index contributed by atoms with van der Waals surface area (Å²) in [7, 11) is -1.33. The van der Waals surface area contributed by atoms with Crippen molar-refractivity contribution in [2.24, 2.45) is 5.92 Å². The van der Waals surface area contributed by atoms with Crippen molar-refractivity contribution in [1.29, 1.82) is 0 Å². The van der Waals surface area contributed by atoms with Crippen LogP contribution < -0.4 is 0 Å².